The maximum absolute atomic E-state index is 5.72. The first-order valence-electron chi connectivity index (χ1n) is 3.75. The van der Waals surface area contributed by atoms with Crippen LogP contribution in [0.5, 0.6) is 0 Å². The van der Waals surface area contributed by atoms with Crippen molar-refractivity contribution in [1.29, 1.82) is 0 Å². The minimum atomic E-state index is 0.684. The van der Waals surface area contributed by atoms with Crippen molar-refractivity contribution in [2.75, 3.05) is 5.73 Å². The summed E-state index contributed by atoms with van der Waals surface area (Å²) >= 11 is 0. The number of aryl methyl sites for hydroxylation is 1. The molecule has 60 valence electrons. The van der Waals surface area contributed by atoms with Gasteiger partial charge in [-0.2, -0.15) is 0 Å². The number of nitrogens with zero attached hydrogens (tertiary/aromatic N) is 2. The smallest absolute Gasteiger partial charge is 0.112 e. The highest BCUT2D eigenvalue weighted by Gasteiger charge is 1.98. The summed E-state index contributed by atoms with van der Waals surface area (Å²) in [4.78, 5) is 8.43. The molecule has 0 spiro atoms. The van der Waals surface area contributed by atoms with E-state index in [9.17, 15) is 0 Å². The molecule has 0 amide bonds. The Kier molecular flexibility index (Phi) is 1.43. The van der Waals surface area contributed by atoms with Gasteiger partial charge in [0.15, 0.2) is 0 Å². The van der Waals surface area contributed by atoms with E-state index < -0.39 is 0 Å². The summed E-state index contributed by atoms with van der Waals surface area (Å²) in [5.41, 5.74) is 9.00. The Balaban J connectivity index is 2.88. The van der Waals surface area contributed by atoms with Crippen LogP contribution in [0.25, 0.3) is 11.0 Å². The summed E-state index contributed by atoms with van der Waals surface area (Å²) in [5, 5.41) is 0. The minimum Gasteiger partial charge on any atom is -0.397 e. The molecule has 0 aliphatic rings. The monoisotopic (exact) mass is 159 g/mol. The zero-order chi connectivity index (χ0) is 8.55. The van der Waals surface area contributed by atoms with Gasteiger partial charge in [-0.25, -0.2) is 4.98 Å². The molecule has 0 aliphatic carbocycles. The highest BCUT2D eigenvalue weighted by molar-refractivity contribution is 5.85. The minimum absolute atomic E-state index is 0.684. The summed E-state index contributed by atoms with van der Waals surface area (Å²) in [6.07, 6.45) is 1.69. The van der Waals surface area contributed by atoms with E-state index in [1.54, 1.807) is 12.3 Å². The van der Waals surface area contributed by atoms with Crippen molar-refractivity contribution < 1.29 is 0 Å². The summed E-state index contributed by atoms with van der Waals surface area (Å²) in [7, 11) is 0. The van der Waals surface area contributed by atoms with Crippen LogP contribution < -0.4 is 5.73 Å². The number of hydrogen-bond donors (Lipinski definition) is 1. The maximum Gasteiger partial charge on any atom is 0.112 e. The summed E-state index contributed by atoms with van der Waals surface area (Å²) in [6, 6.07) is 5.61. The van der Waals surface area contributed by atoms with Gasteiger partial charge >= 0.3 is 0 Å². The number of hydrogen-bond acceptors (Lipinski definition) is 3. The first kappa shape index (κ1) is 7.03. The van der Waals surface area contributed by atoms with Gasteiger partial charge in [0.05, 0.1) is 11.2 Å². The van der Waals surface area contributed by atoms with E-state index in [1.807, 2.05) is 19.1 Å². The fraction of sp³-hybridized carbons (Fsp3) is 0.111. The SMILES string of the molecule is Cc1ccc2nccc(N)c2n1. The molecule has 3 heteroatoms. The van der Waals surface area contributed by atoms with Gasteiger partial charge in [0.25, 0.3) is 0 Å². The van der Waals surface area contributed by atoms with E-state index in [4.69, 9.17) is 5.73 Å². The lowest BCUT2D eigenvalue weighted by Gasteiger charge is -1.99. The maximum atomic E-state index is 5.72. The molecule has 2 aromatic rings. The number of anilines is 1. The Morgan fingerprint density at radius 1 is 1.25 bits per heavy atom. The van der Waals surface area contributed by atoms with Crippen LogP contribution in [0.4, 0.5) is 5.69 Å². The van der Waals surface area contributed by atoms with Crippen molar-refractivity contribution in [2.24, 2.45) is 0 Å². The van der Waals surface area contributed by atoms with Gasteiger partial charge in [0, 0.05) is 11.9 Å². The Bertz CT molecular complexity index is 423. The second kappa shape index (κ2) is 2.44. The van der Waals surface area contributed by atoms with Crippen molar-refractivity contribution in [2.45, 2.75) is 6.92 Å². The second-order valence-electron chi connectivity index (χ2n) is 2.72. The second-order valence-corrected chi connectivity index (χ2v) is 2.72. The number of fused-ring (bicyclic) bond motifs is 1. The van der Waals surface area contributed by atoms with Crippen LogP contribution in [-0.2, 0) is 0 Å². The molecule has 2 aromatic heterocycles. The number of aromatic nitrogens is 2. The molecule has 12 heavy (non-hydrogen) atoms. The molecule has 0 radical (unpaired) electrons. The first-order valence-corrected chi connectivity index (χ1v) is 3.75. The van der Waals surface area contributed by atoms with Crippen LogP contribution in [0.15, 0.2) is 24.4 Å². The Hall–Kier alpha value is -1.64. The van der Waals surface area contributed by atoms with Gasteiger partial charge in [-0.3, -0.25) is 4.98 Å². The van der Waals surface area contributed by atoms with Gasteiger partial charge < -0.3 is 5.73 Å². The van der Waals surface area contributed by atoms with Gasteiger partial charge in [-0.05, 0) is 25.1 Å². The molecule has 0 aromatic carbocycles. The number of nitrogen functional groups attached to an aromatic ring is 1. The van der Waals surface area contributed by atoms with Crippen molar-refractivity contribution in [3.05, 3.63) is 30.1 Å². The van der Waals surface area contributed by atoms with E-state index in [0.717, 1.165) is 16.7 Å². The van der Waals surface area contributed by atoms with E-state index in [-0.39, 0.29) is 0 Å². The molecule has 2 N–H and O–H groups in total. The van der Waals surface area contributed by atoms with Gasteiger partial charge in [-0.15, -0.1) is 0 Å². The molecule has 0 atom stereocenters. The van der Waals surface area contributed by atoms with Crippen LogP contribution >= 0.6 is 0 Å². The third kappa shape index (κ3) is 0.993. The Morgan fingerprint density at radius 3 is 2.92 bits per heavy atom. The highest BCUT2D eigenvalue weighted by atomic mass is 14.8. The molecule has 0 saturated heterocycles. The van der Waals surface area contributed by atoms with Crippen LogP contribution in [-0.4, -0.2) is 9.97 Å². The van der Waals surface area contributed by atoms with E-state index in [2.05, 4.69) is 9.97 Å². The molecule has 0 saturated carbocycles. The normalized spacial score (nSPS) is 10.4. The standard InChI is InChI=1S/C9H9N3/c1-6-2-3-8-9(12-6)7(10)4-5-11-8/h2-5H,1H3,(H2,10,11). The molecule has 0 aliphatic heterocycles. The number of nitrogens with two attached hydrogens (primary N) is 1. The van der Waals surface area contributed by atoms with Crippen LogP contribution in [0.1, 0.15) is 5.69 Å². The molecule has 0 bridgehead atoms. The van der Waals surface area contributed by atoms with Crippen molar-refractivity contribution in [3.8, 4) is 0 Å². The zero-order valence-corrected chi connectivity index (χ0v) is 6.78. The summed E-state index contributed by atoms with van der Waals surface area (Å²) < 4.78 is 0. The lowest BCUT2D eigenvalue weighted by Crippen LogP contribution is -1.92. The molecule has 2 heterocycles. The molecule has 0 unspecified atom stereocenters. The third-order valence-corrected chi connectivity index (χ3v) is 1.75. The van der Waals surface area contributed by atoms with Crippen molar-refractivity contribution in [3.63, 3.8) is 0 Å². The molecular formula is C9H9N3. The molecular weight excluding hydrogens is 150 g/mol. The highest BCUT2D eigenvalue weighted by Crippen LogP contribution is 2.15. The largest absolute Gasteiger partial charge is 0.397 e. The number of rotatable bonds is 0. The topological polar surface area (TPSA) is 51.8 Å². The zero-order valence-electron chi connectivity index (χ0n) is 6.78. The van der Waals surface area contributed by atoms with Gasteiger partial charge in [-0.1, -0.05) is 0 Å². The average Bonchev–Trinajstić information content (AvgIpc) is 2.07. The van der Waals surface area contributed by atoms with Crippen LogP contribution in [0.3, 0.4) is 0 Å². The fourth-order valence-electron chi connectivity index (χ4n) is 1.14. The predicted octanol–water partition coefficient (Wildman–Crippen LogP) is 1.52. The molecule has 2 rings (SSSR count). The number of pyridine rings is 2. The van der Waals surface area contributed by atoms with E-state index in [1.165, 1.54) is 0 Å². The Labute approximate surface area is 70.3 Å². The Morgan fingerprint density at radius 2 is 2.08 bits per heavy atom. The van der Waals surface area contributed by atoms with E-state index in [0.29, 0.717) is 5.69 Å². The third-order valence-electron chi connectivity index (χ3n) is 1.75. The molecule has 3 nitrogen and oxygen atoms in total. The van der Waals surface area contributed by atoms with Crippen LogP contribution in [0, 0.1) is 6.92 Å². The first-order chi connectivity index (χ1) is 5.77. The van der Waals surface area contributed by atoms with Gasteiger partial charge in [0.1, 0.15) is 5.52 Å². The lowest BCUT2D eigenvalue weighted by atomic mass is 10.2. The molecule has 0 fully saturated rings. The summed E-state index contributed by atoms with van der Waals surface area (Å²) in [6.45, 7) is 1.94. The van der Waals surface area contributed by atoms with Crippen molar-refractivity contribution >= 4 is 16.7 Å². The van der Waals surface area contributed by atoms with Crippen molar-refractivity contribution in [1.82, 2.24) is 9.97 Å². The van der Waals surface area contributed by atoms with E-state index >= 15 is 0 Å². The average molecular weight is 159 g/mol. The fourth-order valence-corrected chi connectivity index (χ4v) is 1.14. The predicted molar refractivity (Wildman–Crippen MR) is 48.7 cm³/mol. The quantitative estimate of drug-likeness (QED) is 0.634. The summed E-state index contributed by atoms with van der Waals surface area (Å²) in [5.74, 6) is 0. The van der Waals surface area contributed by atoms with Gasteiger partial charge in [0.2, 0.25) is 0 Å². The lowest BCUT2D eigenvalue weighted by molar-refractivity contribution is 1.24. The van der Waals surface area contributed by atoms with Crippen LogP contribution in [0.2, 0.25) is 0 Å².